The van der Waals surface area contributed by atoms with E-state index >= 15 is 0 Å². The minimum Gasteiger partial charge on any atom is -0.494 e. The van der Waals surface area contributed by atoms with Crippen LogP contribution in [-0.2, 0) is 20.8 Å². The van der Waals surface area contributed by atoms with E-state index in [0.717, 1.165) is 38.5 Å². The second-order valence-corrected chi connectivity index (χ2v) is 12.7. The summed E-state index contributed by atoms with van der Waals surface area (Å²) in [5.41, 5.74) is 1.82. The van der Waals surface area contributed by atoms with Gasteiger partial charge in [0.25, 0.3) is 5.91 Å². The molecule has 4 N–H and O–H groups in total. The van der Waals surface area contributed by atoms with Crippen LogP contribution in [0.4, 0.5) is 5.69 Å². The molecule has 1 saturated carbocycles. The Hall–Kier alpha value is -5.19. The van der Waals surface area contributed by atoms with Crippen LogP contribution in [0.25, 0.3) is 0 Å². The molecule has 3 amide bonds. The zero-order chi connectivity index (χ0) is 35.9. The van der Waals surface area contributed by atoms with Crippen molar-refractivity contribution < 1.29 is 38.6 Å². The van der Waals surface area contributed by atoms with E-state index in [1.54, 1.807) is 72.8 Å². The van der Waals surface area contributed by atoms with Gasteiger partial charge in [-0.2, -0.15) is 0 Å². The number of anilines is 1. The number of carboxylic acid groups (broad SMARTS) is 1. The van der Waals surface area contributed by atoms with Crippen LogP contribution < -0.4 is 25.4 Å². The molecule has 0 spiro atoms. The van der Waals surface area contributed by atoms with Crippen molar-refractivity contribution in [3.05, 3.63) is 89.5 Å². The van der Waals surface area contributed by atoms with Crippen LogP contribution in [0.3, 0.4) is 0 Å². The van der Waals surface area contributed by atoms with Crippen molar-refractivity contribution in [1.29, 1.82) is 0 Å². The molecule has 50 heavy (non-hydrogen) atoms. The van der Waals surface area contributed by atoms with Crippen molar-refractivity contribution in [2.45, 2.75) is 90.1 Å². The summed E-state index contributed by atoms with van der Waals surface area (Å²) >= 11 is 0. The minimum atomic E-state index is -1.22. The molecule has 4 rings (SSSR count). The number of nitrogens with one attached hydrogen (secondary N) is 3. The number of rotatable bonds is 18. The van der Waals surface area contributed by atoms with Crippen LogP contribution in [-0.4, -0.2) is 53.5 Å². The van der Waals surface area contributed by atoms with Gasteiger partial charge in [0, 0.05) is 23.6 Å². The first kappa shape index (κ1) is 37.6. The summed E-state index contributed by atoms with van der Waals surface area (Å²) in [5.74, 6) is -2.04. The van der Waals surface area contributed by atoms with Crippen LogP contribution in [0, 0.1) is 5.92 Å². The van der Waals surface area contributed by atoms with Gasteiger partial charge >= 0.3 is 11.9 Å². The standard InChI is InChI=1S/C39H47N3O8/c1-3-4-5-6-9-24-49-32-22-16-30(17-23-32)39(48)50-33-20-12-27(13-21-33)25-34(37(45)40-26(2)38(46)47)42-36(44)29-14-18-31(19-15-29)41-35(43)28-10-7-8-11-28/h12-23,26,28,34H,3-11,24-25H2,1-2H3,(H,40,45)(H,41,43)(H,42,44)(H,46,47)/t26-,34?/m0/s1. The normalized spacial score (nSPS) is 13.9. The molecule has 3 aromatic carbocycles. The lowest BCUT2D eigenvalue weighted by atomic mass is 10.0. The molecule has 1 aliphatic rings. The lowest BCUT2D eigenvalue weighted by molar-refractivity contribution is -0.141. The summed E-state index contributed by atoms with van der Waals surface area (Å²) < 4.78 is 11.3. The van der Waals surface area contributed by atoms with Crippen molar-refractivity contribution in [3.8, 4) is 11.5 Å². The zero-order valence-electron chi connectivity index (χ0n) is 28.7. The number of carbonyl (C=O) groups is 5. The molecule has 0 bridgehead atoms. The Morgan fingerprint density at radius 3 is 2.04 bits per heavy atom. The number of hydrogen-bond donors (Lipinski definition) is 4. The van der Waals surface area contributed by atoms with Crippen molar-refractivity contribution >= 4 is 35.3 Å². The van der Waals surface area contributed by atoms with E-state index in [4.69, 9.17) is 9.47 Å². The Morgan fingerprint density at radius 2 is 1.40 bits per heavy atom. The molecule has 1 aliphatic carbocycles. The third-order valence-corrected chi connectivity index (χ3v) is 8.67. The third kappa shape index (κ3) is 11.7. The molecule has 2 atom stereocenters. The molecule has 266 valence electrons. The number of benzene rings is 3. The molecule has 1 unspecified atom stereocenters. The number of amides is 3. The Labute approximate surface area is 293 Å². The number of carboxylic acids is 1. The quantitative estimate of drug-likeness (QED) is 0.0688. The van der Waals surface area contributed by atoms with Gasteiger partial charge < -0.3 is 30.5 Å². The summed E-state index contributed by atoms with van der Waals surface area (Å²) in [6.07, 6.45) is 9.58. The van der Waals surface area contributed by atoms with Crippen LogP contribution >= 0.6 is 0 Å². The van der Waals surface area contributed by atoms with Crippen LogP contribution in [0.2, 0.25) is 0 Å². The maximum atomic E-state index is 13.2. The van der Waals surface area contributed by atoms with Gasteiger partial charge in [-0.3, -0.25) is 19.2 Å². The minimum absolute atomic E-state index is 0.00106. The molecule has 11 nitrogen and oxygen atoms in total. The summed E-state index contributed by atoms with van der Waals surface area (Å²) in [6, 6.07) is 17.3. The Balaban J connectivity index is 1.34. The maximum Gasteiger partial charge on any atom is 0.343 e. The van der Waals surface area contributed by atoms with Gasteiger partial charge in [-0.1, -0.05) is 57.6 Å². The van der Waals surface area contributed by atoms with E-state index in [1.807, 2.05) is 0 Å². The predicted molar refractivity (Wildman–Crippen MR) is 189 cm³/mol. The lowest BCUT2D eigenvalue weighted by Gasteiger charge is -2.20. The highest BCUT2D eigenvalue weighted by atomic mass is 16.5. The lowest BCUT2D eigenvalue weighted by Crippen LogP contribution is -2.51. The van der Waals surface area contributed by atoms with Crippen molar-refractivity contribution in [2.24, 2.45) is 5.92 Å². The SMILES string of the molecule is CCCCCCCOc1ccc(C(=O)Oc2ccc(CC(NC(=O)c3ccc(NC(=O)C4CCCC4)cc3)C(=O)N[C@@H](C)C(=O)O)cc2)cc1. The maximum absolute atomic E-state index is 13.2. The van der Waals surface area contributed by atoms with Gasteiger partial charge in [-0.25, -0.2) is 4.79 Å². The van der Waals surface area contributed by atoms with Gasteiger partial charge in [0.1, 0.15) is 23.6 Å². The fraction of sp³-hybridized carbons (Fsp3) is 0.410. The first-order valence-electron chi connectivity index (χ1n) is 17.4. The Bertz CT molecular complexity index is 1580. The van der Waals surface area contributed by atoms with Crippen LogP contribution in [0.5, 0.6) is 11.5 Å². The number of ether oxygens (including phenoxy) is 2. The number of aliphatic carboxylic acids is 1. The molecular formula is C39H47N3O8. The highest BCUT2D eigenvalue weighted by Crippen LogP contribution is 2.26. The summed E-state index contributed by atoms with van der Waals surface area (Å²) in [5, 5.41) is 17.3. The Morgan fingerprint density at radius 1 is 0.780 bits per heavy atom. The fourth-order valence-electron chi connectivity index (χ4n) is 5.64. The van der Waals surface area contributed by atoms with Gasteiger partial charge in [0.15, 0.2) is 0 Å². The van der Waals surface area contributed by atoms with Gasteiger partial charge in [0.2, 0.25) is 11.8 Å². The van der Waals surface area contributed by atoms with E-state index < -0.39 is 35.8 Å². The van der Waals surface area contributed by atoms with E-state index in [-0.39, 0.29) is 29.6 Å². The van der Waals surface area contributed by atoms with Crippen molar-refractivity contribution in [1.82, 2.24) is 10.6 Å². The number of unbranched alkanes of at least 4 members (excludes halogenated alkanes) is 4. The van der Waals surface area contributed by atoms with Crippen molar-refractivity contribution in [3.63, 3.8) is 0 Å². The first-order chi connectivity index (χ1) is 24.1. The van der Waals surface area contributed by atoms with Gasteiger partial charge in [0.05, 0.1) is 12.2 Å². The molecule has 11 heteroatoms. The monoisotopic (exact) mass is 685 g/mol. The molecule has 3 aromatic rings. The molecular weight excluding hydrogens is 638 g/mol. The average Bonchev–Trinajstić information content (AvgIpc) is 3.66. The summed E-state index contributed by atoms with van der Waals surface area (Å²) in [6.45, 7) is 4.13. The average molecular weight is 686 g/mol. The zero-order valence-corrected chi connectivity index (χ0v) is 28.7. The Kier molecular flexibility index (Phi) is 14.4. The number of hydrogen-bond acceptors (Lipinski definition) is 7. The summed E-state index contributed by atoms with van der Waals surface area (Å²) in [7, 11) is 0. The van der Waals surface area contributed by atoms with E-state index in [0.29, 0.717) is 29.2 Å². The summed E-state index contributed by atoms with van der Waals surface area (Å²) in [4.78, 5) is 62.9. The molecule has 0 saturated heterocycles. The largest absolute Gasteiger partial charge is 0.494 e. The second kappa shape index (κ2) is 19.1. The fourth-order valence-corrected chi connectivity index (χ4v) is 5.64. The van der Waals surface area contributed by atoms with E-state index in [1.165, 1.54) is 26.2 Å². The predicted octanol–water partition coefficient (Wildman–Crippen LogP) is 6.31. The topological polar surface area (TPSA) is 160 Å². The second-order valence-electron chi connectivity index (χ2n) is 12.7. The third-order valence-electron chi connectivity index (χ3n) is 8.67. The number of esters is 1. The molecule has 0 aliphatic heterocycles. The molecule has 0 aromatic heterocycles. The van der Waals surface area contributed by atoms with Crippen LogP contribution in [0.1, 0.15) is 97.9 Å². The molecule has 0 radical (unpaired) electrons. The van der Waals surface area contributed by atoms with Gasteiger partial charge in [-0.05, 0) is 92.4 Å². The van der Waals surface area contributed by atoms with Crippen molar-refractivity contribution in [2.75, 3.05) is 11.9 Å². The first-order valence-corrected chi connectivity index (χ1v) is 17.4. The highest BCUT2D eigenvalue weighted by Gasteiger charge is 2.26. The molecule has 0 heterocycles. The van der Waals surface area contributed by atoms with E-state index in [2.05, 4.69) is 22.9 Å². The smallest absolute Gasteiger partial charge is 0.343 e. The van der Waals surface area contributed by atoms with E-state index in [9.17, 15) is 29.1 Å². The highest BCUT2D eigenvalue weighted by molar-refractivity contribution is 5.99. The number of carbonyl (C=O) groups excluding carboxylic acids is 4. The van der Waals surface area contributed by atoms with Gasteiger partial charge in [-0.15, -0.1) is 0 Å². The molecule has 1 fully saturated rings. The van der Waals surface area contributed by atoms with Crippen LogP contribution in [0.15, 0.2) is 72.8 Å².